The molecular formula is C33H32N8O2. The molecule has 4 aromatic rings. The minimum absolute atomic E-state index is 0.314. The van der Waals surface area contributed by atoms with Gasteiger partial charge in [-0.15, -0.1) is 0 Å². The van der Waals surface area contributed by atoms with Gasteiger partial charge in [0.05, 0.1) is 13.1 Å². The molecule has 2 aliphatic heterocycles. The molecule has 0 saturated heterocycles. The van der Waals surface area contributed by atoms with Crippen molar-refractivity contribution in [3.63, 3.8) is 0 Å². The Morgan fingerprint density at radius 1 is 0.558 bits per heavy atom. The highest BCUT2D eigenvalue weighted by atomic mass is 16.2. The number of aliphatic imine (C=N–C) groups is 2. The molecule has 0 bridgehead atoms. The summed E-state index contributed by atoms with van der Waals surface area (Å²) < 4.78 is 0. The van der Waals surface area contributed by atoms with E-state index in [4.69, 9.17) is 0 Å². The molecule has 10 heteroatoms. The molecule has 10 nitrogen and oxygen atoms in total. The predicted octanol–water partition coefficient (Wildman–Crippen LogP) is 5.27. The van der Waals surface area contributed by atoms with Crippen LogP contribution in [0.3, 0.4) is 0 Å². The third-order valence-corrected chi connectivity index (χ3v) is 6.97. The van der Waals surface area contributed by atoms with Gasteiger partial charge in [-0.2, -0.15) is 0 Å². The van der Waals surface area contributed by atoms with Crippen molar-refractivity contribution >= 4 is 46.5 Å². The van der Waals surface area contributed by atoms with Crippen molar-refractivity contribution in [2.24, 2.45) is 9.98 Å². The lowest BCUT2D eigenvalue weighted by atomic mass is 10.0. The summed E-state index contributed by atoms with van der Waals surface area (Å²) in [7, 11) is 0. The Hall–Kier alpha value is -5.64. The van der Waals surface area contributed by atoms with E-state index in [9.17, 15) is 9.59 Å². The average molecular weight is 573 g/mol. The molecule has 216 valence electrons. The zero-order chi connectivity index (χ0) is 29.4. The van der Waals surface area contributed by atoms with E-state index < -0.39 is 0 Å². The monoisotopic (exact) mass is 572 g/mol. The molecule has 4 amide bonds. The molecule has 2 aliphatic rings. The molecule has 0 aliphatic carbocycles. The minimum atomic E-state index is -0.314. The van der Waals surface area contributed by atoms with Crippen molar-refractivity contribution in [2.45, 2.75) is 6.42 Å². The predicted molar refractivity (Wildman–Crippen MR) is 173 cm³/mol. The lowest BCUT2D eigenvalue weighted by Gasteiger charge is -2.11. The number of benzene rings is 4. The fourth-order valence-electron chi connectivity index (χ4n) is 4.91. The Kier molecular flexibility index (Phi) is 8.26. The summed E-state index contributed by atoms with van der Waals surface area (Å²) in [5.74, 6) is 1.70. The lowest BCUT2D eigenvalue weighted by Crippen LogP contribution is -2.21. The van der Waals surface area contributed by atoms with Gasteiger partial charge in [-0.3, -0.25) is 9.98 Å². The van der Waals surface area contributed by atoms with Gasteiger partial charge in [0.1, 0.15) is 11.7 Å². The summed E-state index contributed by atoms with van der Waals surface area (Å²) in [6.07, 6.45) is 0.717. The number of amidine groups is 2. The van der Waals surface area contributed by atoms with Crippen LogP contribution in [0.1, 0.15) is 22.3 Å². The van der Waals surface area contributed by atoms with Crippen LogP contribution >= 0.6 is 0 Å². The molecule has 0 spiro atoms. The van der Waals surface area contributed by atoms with Gasteiger partial charge in [-0.25, -0.2) is 9.59 Å². The van der Waals surface area contributed by atoms with Gasteiger partial charge < -0.3 is 31.9 Å². The Balaban J connectivity index is 0.979. The van der Waals surface area contributed by atoms with E-state index in [1.165, 1.54) is 0 Å². The van der Waals surface area contributed by atoms with Crippen LogP contribution in [0.2, 0.25) is 0 Å². The summed E-state index contributed by atoms with van der Waals surface area (Å²) in [4.78, 5) is 34.0. The molecule has 6 N–H and O–H groups in total. The number of rotatable bonds is 8. The van der Waals surface area contributed by atoms with Gasteiger partial charge in [0.2, 0.25) is 0 Å². The second kappa shape index (κ2) is 12.9. The Morgan fingerprint density at radius 2 is 0.977 bits per heavy atom. The van der Waals surface area contributed by atoms with E-state index in [1.807, 2.05) is 97.1 Å². The van der Waals surface area contributed by atoms with Gasteiger partial charge in [0, 0.05) is 47.0 Å². The van der Waals surface area contributed by atoms with Crippen LogP contribution in [-0.2, 0) is 6.42 Å². The maximum atomic E-state index is 12.6. The summed E-state index contributed by atoms with van der Waals surface area (Å²) >= 11 is 0. The first-order valence-corrected chi connectivity index (χ1v) is 14.2. The van der Waals surface area contributed by atoms with Crippen molar-refractivity contribution in [1.29, 1.82) is 0 Å². The SMILES string of the molecule is O=C(Nc1ccc(Cc2ccc(NC(=O)Nc3cccc(C4=NCCN4)c3)cc2)cc1)Nc1cccc(C2=NCCN2)c1. The zero-order valence-corrected chi connectivity index (χ0v) is 23.5. The molecule has 2 heterocycles. The molecule has 0 fully saturated rings. The largest absolute Gasteiger partial charge is 0.368 e. The number of nitrogens with one attached hydrogen (secondary N) is 6. The fourth-order valence-corrected chi connectivity index (χ4v) is 4.91. The number of carbonyl (C=O) groups is 2. The van der Waals surface area contributed by atoms with Crippen LogP contribution in [0.25, 0.3) is 0 Å². The normalized spacial score (nSPS) is 13.7. The van der Waals surface area contributed by atoms with Crippen LogP contribution in [0.5, 0.6) is 0 Å². The molecule has 4 aromatic carbocycles. The molecular weight excluding hydrogens is 540 g/mol. The Morgan fingerprint density at radius 3 is 1.37 bits per heavy atom. The molecule has 0 aromatic heterocycles. The number of anilines is 4. The summed E-state index contributed by atoms with van der Waals surface area (Å²) in [5.41, 5.74) is 6.87. The minimum Gasteiger partial charge on any atom is -0.368 e. The van der Waals surface area contributed by atoms with Crippen LogP contribution in [-0.4, -0.2) is 49.9 Å². The van der Waals surface area contributed by atoms with E-state index in [0.717, 1.165) is 60.1 Å². The van der Waals surface area contributed by atoms with Crippen molar-refractivity contribution in [2.75, 3.05) is 47.4 Å². The molecule has 0 radical (unpaired) electrons. The number of carbonyl (C=O) groups excluding carboxylic acids is 2. The van der Waals surface area contributed by atoms with Gasteiger partial charge in [-0.1, -0.05) is 48.5 Å². The van der Waals surface area contributed by atoms with E-state index in [1.54, 1.807) is 0 Å². The number of nitrogens with zero attached hydrogens (tertiary/aromatic N) is 2. The standard InChI is InChI=1S/C33H32N8O2/c42-32(40-28-5-1-3-24(20-28)30-34-15-16-35-30)38-26-11-7-22(8-12-26)19-23-9-13-27(14-10-23)39-33(43)41-29-6-2-4-25(21-29)31-36-17-18-37-31/h1-14,20-21H,15-19H2,(H,34,35)(H,36,37)(H2,38,40,42)(H2,39,41,43). The second-order valence-corrected chi connectivity index (χ2v) is 10.2. The fraction of sp³-hybridized carbons (Fsp3) is 0.152. The van der Waals surface area contributed by atoms with E-state index in [0.29, 0.717) is 29.2 Å². The Bertz CT molecular complexity index is 1560. The van der Waals surface area contributed by atoms with E-state index in [-0.39, 0.29) is 12.1 Å². The smallest absolute Gasteiger partial charge is 0.323 e. The van der Waals surface area contributed by atoms with Crippen molar-refractivity contribution < 1.29 is 9.59 Å². The summed E-state index contributed by atoms with van der Waals surface area (Å²) in [6.45, 7) is 3.18. The van der Waals surface area contributed by atoms with Gasteiger partial charge in [0.25, 0.3) is 0 Å². The van der Waals surface area contributed by atoms with Crippen LogP contribution in [0.4, 0.5) is 32.3 Å². The molecule has 0 atom stereocenters. The molecule has 6 rings (SSSR count). The maximum Gasteiger partial charge on any atom is 0.323 e. The first-order valence-electron chi connectivity index (χ1n) is 14.2. The third-order valence-electron chi connectivity index (χ3n) is 6.97. The van der Waals surface area contributed by atoms with Gasteiger partial charge >= 0.3 is 12.1 Å². The van der Waals surface area contributed by atoms with Gasteiger partial charge in [0.15, 0.2) is 0 Å². The molecule has 0 unspecified atom stereocenters. The van der Waals surface area contributed by atoms with Gasteiger partial charge in [-0.05, 0) is 66.1 Å². The van der Waals surface area contributed by atoms with E-state index >= 15 is 0 Å². The highest BCUT2D eigenvalue weighted by Gasteiger charge is 2.11. The topological polar surface area (TPSA) is 131 Å². The number of hydrogen-bond acceptors (Lipinski definition) is 6. The highest BCUT2D eigenvalue weighted by Crippen LogP contribution is 2.18. The van der Waals surface area contributed by atoms with E-state index in [2.05, 4.69) is 41.9 Å². The first kappa shape index (κ1) is 27.5. The molecule has 0 saturated carbocycles. The summed E-state index contributed by atoms with van der Waals surface area (Å²) in [6, 6.07) is 30.1. The number of hydrogen-bond donors (Lipinski definition) is 6. The second-order valence-electron chi connectivity index (χ2n) is 10.2. The quantitative estimate of drug-likeness (QED) is 0.172. The van der Waals surface area contributed by atoms with Crippen LogP contribution in [0, 0.1) is 0 Å². The summed E-state index contributed by atoms with van der Waals surface area (Å²) in [5, 5.41) is 18.0. The number of amides is 4. The average Bonchev–Trinajstić information content (AvgIpc) is 3.75. The number of urea groups is 2. The van der Waals surface area contributed by atoms with Crippen molar-refractivity contribution in [3.8, 4) is 0 Å². The molecule has 43 heavy (non-hydrogen) atoms. The third kappa shape index (κ3) is 7.36. The zero-order valence-electron chi connectivity index (χ0n) is 23.5. The maximum absolute atomic E-state index is 12.6. The van der Waals surface area contributed by atoms with Crippen LogP contribution in [0.15, 0.2) is 107 Å². The van der Waals surface area contributed by atoms with Crippen molar-refractivity contribution in [1.82, 2.24) is 10.6 Å². The van der Waals surface area contributed by atoms with Crippen molar-refractivity contribution in [3.05, 3.63) is 119 Å². The first-order chi connectivity index (χ1) is 21.1. The highest BCUT2D eigenvalue weighted by molar-refractivity contribution is 6.04. The Labute approximate surface area is 249 Å². The lowest BCUT2D eigenvalue weighted by molar-refractivity contribution is 0.261. The van der Waals surface area contributed by atoms with Crippen LogP contribution < -0.4 is 31.9 Å².